The minimum atomic E-state index is -0.213. The van der Waals surface area contributed by atoms with Crippen molar-refractivity contribution < 1.29 is 4.79 Å². The van der Waals surface area contributed by atoms with Crippen molar-refractivity contribution in [3.05, 3.63) is 84.1 Å². The van der Waals surface area contributed by atoms with Gasteiger partial charge in [0.2, 0.25) is 0 Å². The van der Waals surface area contributed by atoms with Gasteiger partial charge in [0.05, 0.1) is 16.9 Å². The largest absolute Gasteiger partial charge is 0.397 e. The first-order valence-electron chi connectivity index (χ1n) is 9.82. The first kappa shape index (κ1) is 19.0. The molecule has 0 bridgehead atoms. The van der Waals surface area contributed by atoms with E-state index in [1.54, 1.807) is 18.3 Å². The van der Waals surface area contributed by atoms with E-state index in [9.17, 15) is 4.79 Å². The van der Waals surface area contributed by atoms with Gasteiger partial charge in [-0.15, -0.1) is 0 Å². The van der Waals surface area contributed by atoms with Gasteiger partial charge >= 0.3 is 0 Å². The molecule has 4 rings (SSSR count). The third kappa shape index (κ3) is 4.73. The summed E-state index contributed by atoms with van der Waals surface area (Å²) in [5, 5.41) is 2.83. The lowest BCUT2D eigenvalue weighted by Gasteiger charge is -2.35. The number of para-hydroxylation sites is 2. The van der Waals surface area contributed by atoms with Crippen LogP contribution in [0.3, 0.4) is 0 Å². The first-order chi connectivity index (χ1) is 14.2. The molecule has 3 aromatic rings. The average Bonchev–Trinajstić information content (AvgIpc) is 2.77. The standard InChI is InChI=1S/C23H25N5O/c24-20-8-4-5-9-21(20)26-23(29)19-10-11-22(25-16-19)28-14-12-27(13-15-28)17-18-6-2-1-3-7-18/h1-11,16H,12-15,17,24H2,(H,26,29). The molecule has 29 heavy (non-hydrogen) atoms. The number of piperazine rings is 1. The summed E-state index contributed by atoms with van der Waals surface area (Å²) in [5.41, 5.74) is 8.89. The summed E-state index contributed by atoms with van der Waals surface area (Å²) in [6.45, 7) is 4.81. The Morgan fingerprint density at radius 1 is 0.931 bits per heavy atom. The predicted octanol–water partition coefficient (Wildman–Crippen LogP) is 3.24. The zero-order valence-electron chi connectivity index (χ0n) is 16.3. The van der Waals surface area contributed by atoms with Gasteiger partial charge in [-0.3, -0.25) is 9.69 Å². The molecule has 0 radical (unpaired) electrons. The van der Waals surface area contributed by atoms with E-state index in [-0.39, 0.29) is 5.91 Å². The van der Waals surface area contributed by atoms with Crippen molar-refractivity contribution in [1.29, 1.82) is 0 Å². The Balaban J connectivity index is 1.33. The predicted molar refractivity (Wildman–Crippen MR) is 117 cm³/mol. The minimum absolute atomic E-state index is 0.213. The molecule has 1 saturated heterocycles. The molecule has 1 aliphatic rings. The molecule has 0 atom stereocenters. The lowest BCUT2D eigenvalue weighted by atomic mass is 10.2. The van der Waals surface area contributed by atoms with Gasteiger partial charge in [-0.25, -0.2) is 4.98 Å². The number of pyridine rings is 1. The summed E-state index contributed by atoms with van der Waals surface area (Å²) in [7, 11) is 0. The Kier molecular flexibility index (Phi) is 5.72. The Hall–Kier alpha value is -3.38. The summed E-state index contributed by atoms with van der Waals surface area (Å²) in [4.78, 5) is 21.7. The van der Waals surface area contributed by atoms with Crippen molar-refractivity contribution in [1.82, 2.24) is 9.88 Å². The zero-order chi connectivity index (χ0) is 20.1. The quantitative estimate of drug-likeness (QED) is 0.658. The zero-order valence-corrected chi connectivity index (χ0v) is 16.3. The topological polar surface area (TPSA) is 74.5 Å². The van der Waals surface area contributed by atoms with Crippen molar-refractivity contribution >= 4 is 23.1 Å². The van der Waals surface area contributed by atoms with Crippen LogP contribution in [0.1, 0.15) is 15.9 Å². The number of nitrogen functional groups attached to an aromatic ring is 1. The normalized spacial score (nSPS) is 14.6. The molecule has 1 amide bonds. The number of anilines is 3. The number of carbonyl (C=O) groups excluding carboxylic acids is 1. The molecule has 0 aliphatic carbocycles. The Morgan fingerprint density at radius 2 is 1.66 bits per heavy atom. The molecular weight excluding hydrogens is 362 g/mol. The van der Waals surface area contributed by atoms with Crippen LogP contribution in [0.25, 0.3) is 0 Å². The molecule has 3 N–H and O–H groups in total. The van der Waals surface area contributed by atoms with E-state index >= 15 is 0 Å². The van der Waals surface area contributed by atoms with E-state index in [4.69, 9.17) is 5.73 Å². The van der Waals surface area contributed by atoms with Crippen molar-refractivity contribution in [2.45, 2.75) is 6.54 Å². The number of carbonyl (C=O) groups is 1. The average molecular weight is 387 g/mol. The van der Waals surface area contributed by atoms with Gasteiger partial charge in [0.1, 0.15) is 5.82 Å². The Bertz CT molecular complexity index is 951. The van der Waals surface area contributed by atoms with Gasteiger partial charge in [0.15, 0.2) is 0 Å². The third-order valence-electron chi connectivity index (χ3n) is 5.16. The highest BCUT2D eigenvalue weighted by molar-refractivity contribution is 6.05. The summed E-state index contributed by atoms with van der Waals surface area (Å²) < 4.78 is 0. The summed E-state index contributed by atoms with van der Waals surface area (Å²) >= 11 is 0. The smallest absolute Gasteiger partial charge is 0.257 e. The van der Waals surface area contributed by atoms with Crippen LogP contribution in [-0.4, -0.2) is 42.0 Å². The minimum Gasteiger partial charge on any atom is -0.397 e. The van der Waals surface area contributed by atoms with Crippen LogP contribution in [-0.2, 0) is 6.54 Å². The lowest BCUT2D eigenvalue weighted by Crippen LogP contribution is -2.46. The molecule has 2 heterocycles. The third-order valence-corrected chi connectivity index (χ3v) is 5.16. The van der Waals surface area contributed by atoms with Crippen molar-refractivity contribution in [2.24, 2.45) is 0 Å². The molecule has 0 unspecified atom stereocenters. The molecule has 2 aromatic carbocycles. The highest BCUT2D eigenvalue weighted by Gasteiger charge is 2.18. The maximum atomic E-state index is 12.4. The Morgan fingerprint density at radius 3 is 2.34 bits per heavy atom. The molecule has 6 nitrogen and oxygen atoms in total. The number of nitrogens with zero attached hydrogens (tertiary/aromatic N) is 3. The number of nitrogens with one attached hydrogen (secondary N) is 1. The van der Waals surface area contributed by atoms with E-state index in [0.29, 0.717) is 16.9 Å². The van der Waals surface area contributed by atoms with Crippen molar-refractivity contribution in [3.63, 3.8) is 0 Å². The number of amides is 1. The molecule has 1 aromatic heterocycles. The number of hydrogen-bond acceptors (Lipinski definition) is 5. The SMILES string of the molecule is Nc1ccccc1NC(=O)c1ccc(N2CCN(Cc3ccccc3)CC2)nc1. The number of rotatable bonds is 5. The van der Waals surface area contributed by atoms with Crippen LogP contribution in [0.5, 0.6) is 0 Å². The Labute approximate surface area is 171 Å². The molecule has 1 fully saturated rings. The van der Waals surface area contributed by atoms with Crippen molar-refractivity contribution in [2.75, 3.05) is 42.1 Å². The fraction of sp³-hybridized carbons (Fsp3) is 0.217. The van der Waals surface area contributed by atoms with E-state index in [1.807, 2.05) is 30.3 Å². The van der Waals surface area contributed by atoms with Crippen LogP contribution in [0, 0.1) is 0 Å². The van der Waals surface area contributed by atoms with E-state index in [0.717, 1.165) is 38.5 Å². The van der Waals surface area contributed by atoms with Gasteiger partial charge < -0.3 is 16.0 Å². The molecule has 6 heteroatoms. The highest BCUT2D eigenvalue weighted by atomic mass is 16.1. The number of benzene rings is 2. The van der Waals surface area contributed by atoms with Gasteiger partial charge in [0.25, 0.3) is 5.91 Å². The second-order valence-corrected chi connectivity index (χ2v) is 7.20. The highest BCUT2D eigenvalue weighted by Crippen LogP contribution is 2.19. The fourth-order valence-corrected chi connectivity index (χ4v) is 3.49. The first-order valence-corrected chi connectivity index (χ1v) is 9.82. The number of nitrogens with two attached hydrogens (primary N) is 1. The van der Waals surface area contributed by atoms with Crippen molar-refractivity contribution in [3.8, 4) is 0 Å². The van der Waals surface area contributed by atoms with Gasteiger partial charge in [0, 0.05) is 38.9 Å². The van der Waals surface area contributed by atoms with Gasteiger partial charge in [-0.05, 0) is 29.8 Å². The van der Waals surface area contributed by atoms with E-state index < -0.39 is 0 Å². The maximum Gasteiger partial charge on any atom is 0.257 e. The second-order valence-electron chi connectivity index (χ2n) is 7.20. The molecular formula is C23H25N5O. The van der Waals surface area contributed by atoms with Gasteiger partial charge in [-0.1, -0.05) is 42.5 Å². The summed E-state index contributed by atoms with van der Waals surface area (Å²) in [6.07, 6.45) is 1.63. The molecule has 1 aliphatic heterocycles. The maximum absolute atomic E-state index is 12.4. The number of hydrogen-bond donors (Lipinski definition) is 2. The van der Waals surface area contributed by atoms with Crippen LogP contribution in [0.2, 0.25) is 0 Å². The molecule has 0 saturated carbocycles. The fourth-order valence-electron chi connectivity index (χ4n) is 3.49. The molecule has 148 valence electrons. The van der Waals surface area contributed by atoms with Crippen LogP contribution >= 0.6 is 0 Å². The summed E-state index contributed by atoms with van der Waals surface area (Å²) in [6, 6.07) is 21.5. The van der Waals surface area contributed by atoms with Crippen LogP contribution in [0.4, 0.5) is 17.2 Å². The number of aromatic nitrogens is 1. The van der Waals surface area contributed by atoms with E-state index in [2.05, 4.69) is 44.4 Å². The molecule has 0 spiro atoms. The lowest BCUT2D eigenvalue weighted by molar-refractivity contribution is 0.102. The second kappa shape index (κ2) is 8.75. The van der Waals surface area contributed by atoms with Crippen LogP contribution < -0.4 is 16.0 Å². The summed E-state index contributed by atoms with van der Waals surface area (Å²) in [5.74, 6) is 0.690. The monoisotopic (exact) mass is 387 g/mol. The van der Waals surface area contributed by atoms with Gasteiger partial charge in [-0.2, -0.15) is 0 Å². The van der Waals surface area contributed by atoms with E-state index in [1.165, 1.54) is 5.56 Å². The van der Waals surface area contributed by atoms with Crippen LogP contribution in [0.15, 0.2) is 72.9 Å².